The molecule has 0 bridgehead atoms. The lowest BCUT2D eigenvalue weighted by Crippen LogP contribution is -2.35. The van der Waals surface area contributed by atoms with Crippen LogP contribution in [-0.4, -0.2) is 4.98 Å². The predicted molar refractivity (Wildman–Crippen MR) is 34.8 cm³/mol. The Hall–Kier alpha value is -0.920. The quantitative estimate of drug-likeness (QED) is 0.508. The number of aromatic nitrogens is 2. The van der Waals surface area contributed by atoms with Crippen molar-refractivity contribution >= 4 is 0 Å². The van der Waals surface area contributed by atoms with Crippen LogP contribution in [0.1, 0.15) is 19.9 Å². The number of nitrogens with zero attached hydrogens (tertiary/aromatic N) is 2. The molecule has 0 atom stereocenters. The van der Waals surface area contributed by atoms with Gasteiger partial charge in [-0.15, -0.1) is 0 Å². The average molecular weight is 123 g/mol. The van der Waals surface area contributed by atoms with Gasteiger partial charge in [0, 0.05) is 6.07 Å². The molecule has 0 aliphatic rings. The van der Waals surface area contributed by atoms with Gasteiger partial charge in [0.1, 0.15) is 6.20 Å². The van der Waals surface area contributed by atoms with Crippen LogP contribution in [0.15, 0.2) is 24.8 Å². The fourth-order valence-corrected chi connectivity index (χ4v) is 0.647. The third-order valence-corrected chi connectivity index (χ3v) is 1.23. The van der Waals surface area contributed by atoms with Gasteiger partial charge in [0.05, 0.1) is 12.2 Å². The summed E-state index contributed by atoms with van der Waals surface area (Å²) in [6.07, 6.45) is 5.61. The largest absolute Gasteiger partial charge is 0.286 e. The highest BCUT2D eigenvalue weighted by atomic mass is 15.0. The van der Waals surface area contributed by atoms with Crippen molar-refractivity contribution in [2.45, 2.75) is 19.9 Å². The minimum Gasteiger partial charge on any atom is -0.235 e. The average Bonchev–Trinajstić information content (AvgIpc) is 1.90. The highest BCUT2D eigenvalue weighted by molar-refractivity contribution is 4.69. The molecule has 0 saturated carbocycles. The normalized spacial score (nSPS) is 10.1. The summed E-state index contributed by atoms with van der Waals surface area (Å²) < 4.78 is 2.06. The topological polar surface area (TPSA) is 16.8 Å². The number of hydrogen-bond acceptors (Lipinski definition) is 1. The van der Waals surface area contributed by atoms with Crippen LogP contribution in [-0.2, 0) is 0 Å². The van der Waals surface area contributed by atoms with Gasteiger partial charge >= 0.3 is 0 Å². The number of rotatable bonds is 1. The van der Waals surface area contributed by atoms with Crippen LogP contribution >= 0.6 is 0 Å². The Balaban J connectivity index is 2.85. The highest BCUT2D eigenvalue weighted by Gasteiger charge is 1.98. The summed E-state index contributed by atoms with van der Waals surface area (Å²) in [7, 11) is 0. The molecule has 0 N–H and O–H groups in total. The van der Waals surface area contributed by atoms with Crippen LogP contribution in [0.5, 0.6) is 0 Å². The van der Waals surface area contributed by atoms with Crippen molar-refractivity contribution in [2.24, 2.45) is 0 Å². The van der Waals surface area contributed by atoms with Crippen molar-refractivity contribution in [1.29, 1.82) is 0 Å². The molecule has 2 nitrogen and oxygen atoms in total. The molecule has 0 aliphatic heterocycles. The Morgan fingerprint density at radius 1 is 1.44 bits per heavy atom. The summed E-state index contributed by atoms with van der Waals surface area (Å²) in [5.41, 5.74) is 0. The Morgan fingerprint density at radius 3 is 2.56 bits per heavy atom. The monoisotopic (exact) mass is 123 g/mol. The summed E-state index contributed by atoms with van der Waals surface area (Å²) in [6, 6.07) is 2.44. The van der Waals surface area contributed by atoms with Crippen LogP contribution in [0.4, 0.5) is 0 Å². The minimum absolute atomic E-state index is 0.513. The fourth-order valence-electron chi connectivity index (χ4n) is 0.647. The van der Waals surface area contributed by atoms with E-state index in [0.29, 0.717) is 6.04 Å². The van der Waals surface area contributed by atoms with E-state index in [1.807, 2.05) is 18.6 Å². The summed E-state index contributed by atoms with van der Waals surface area (Å²) >= 11 is 0. The van der Waals surface area contributed by atoms with Crippen molar-refractivity contribution in [3.63, 3.8) is 0 Å². The van der Waals surface area contributed by atoms with Crippen molar-refractivity contribution in [3.8, 4) is 0 Å². The maximum Gasteiger partial charge on any atom is 0.286 e. The first-order valence-electron chi connectivity index (χ1n) is 3.11. The standard InChI is InChI=1S/C7H11N2/c1-7(2)9-5-3-4-8-6-9/h3-7H,1-2H3/q+1. The van der Waals surface area contributed by atoms with Gasteiger partial charge in [0.25, 0.3) is 6.33 Å². The molecular weight excluding hydrogens is 112 g/mol. The van der Waals surface area contributed by atoms with Gasteiger partial charge in [-0.25, -0.2) is 4.57 Å². The lowest BCUT2D eigenvalue weighted by atomic mass is 10.4. The van der Waals surface area contributed by atoms with Gasteiger partial charge in [-0.05, 0) is 13.8 Å². The molecule has 1 aromatic rings. The zero-order chi connectivity index (χ0) is 6.69. The predicted octanol–water partition coefficient (Wildman–Crippen LogP) is 0.950. The molecule has 0 unspecified atom stereocenters. The van der Waals surface area contributed by atoms with Crippen molar-refractivity contribution in [3.05, 3.63) is 24.8 Å². The molecule has 9 heavy (non-hydrogen) atoms. The first-order valence-corrected chi connectivity index (χ1v) is 3.11. The van der Waals surface area contributed by atoms with E-state index >= 15 is 0 Å². The Morgan fingerprint density at radius 2 is 2.22 bits per heavy atom. The molecule has 2 heteroatoms. The first kappa shape index (κ1) is 6.20. The molecule has 1 rings (SSSR count). The second kappa shape index (κ2) is 2.58. The van der Waals surface area contributed by atoms with E-state index in [0.717, 1.165) is 0 Å². The first-order chi connectivity index (χ1) is 4.30. The van der Waals surface area contributed by atoms with Crippen molar-refractivity contribution in [2.75, 3.05) is 0 Å². The molecule has 48 valence electrons. The fraction of sp³-hybridized carbons (Fsp3) is 0.429. The van der Waals surface area contributed by atoms with Crippen molar-refractivity contribution < 1.29 is 4.57 Å². The summed E-state index contributed by atoms with van der Waals surface area (Å²) in [5.74, 6) is 0. The van der Waals surface area contributed by atoms with Gasteiger partial charge in [-0.1, -0.05) is 4.98 Å². The molecule has 0 aromatic carbocycles. The van der Waals surface area contributed by atoms with Gasteiger partial charge in [-0.3, -0.25) is 0 Å². The molecule has 0 radical (unpaired) electrons. The lowest BCUT2D eigenvalue weighted by Gasteiger charge is -1.98. The summed E-state index contributed by atoms with van der Waals surface area (Å²) in [6.45, 7) is 4.25. The molecule has 0 aliphatic carbocycles. The smallest absolute Gasteiger partial charge is 0.235 e. The van der Waals surface area contributed by atoms with Crippen LogP contribution in [0, 0.1) is 0 Å². The molecule has 0 spiro atoms. The zero-order valence-electron chi connectivity index (χ0n) is 5.78. The van der Waals surface area contributed by atoms with Gasteiger partial charge < -0.3 is 0 Å². The van der Waals surface area contributed by atoms with Crippen LogP contribution in [0.2, 0.25) is 0 Å². The van der Waals surface area contributed by atoms with Gasteiger partial charge in [0.15, 0.2) is 0 Å². The van der Waals surface area contributed by atoms with E-state index in [-0.39, 0.29) is 0 Å². The Kier molecular flexibility index (Phi) is 1.78. The SMILES string of the molecule is CC(C)[n+]1cccnc1. The molecular formula is C7H11N2+. The highest BCUT2D eigenvalue weighted by Crippen LogP contribution is 1.86. The van der Waals surface area contributed by atoms with Gasteiger partial charge in [-0.2, -0.15) is 0 Å². The van der Waals surface area contributed by atoms with Crippen LogP contribution in [0.25, 0.3) is 0 Å². The zero-order valence-corrected chi connectivity index (χ0v) is 5.78. The second-order valence-corrected chi connectivity index (χ2v) is 2.30. The molecule has 0 saturated heterocycles. The third-order valence-electron chi connectivity index (χ3n) is 1.23. The third kappa shape index (κ3) is 1.49. The van der Waals surface area contributed by atoms with E-state index in [1.54, 1.807) is 6.20 Å². The lowest BCUT2D eigenvalue weighted by molar-refractivity contribution is -0.719. The van der Waals surface area contributed by atoms with E-state index in [9.17, 15) is 0 Å². The molecule has 0 amide bonds. The van der Waals surface area contributed by atoms with Gasteiger partial charge in [0.2, 0.25) is 0 Å². The van der Waals surface area contributed by atoms with E-state index in [2.05, 4.69) is 23.4 Å². The van der Waals surface area contributed by atoms with E-state index in [1.165, 1.54) is 0 Å². The minimum atomic E-state index is 0.513. The Bertz CT molecular complexity index is 170. The van der Waals surface area contributed by atoms with E-state index < -0.39 is 0 Å². The van der Waals surface area contributed by atoms with E-state index in [4.69, 9.17) is 0 Å². The van der Waals surface area contributed by atoms with Crippen LogP contribution in [0.3, 0.4) is 0 Å². The van der Waals surface area contributed by atoms with Crippen molar-refractivity contribution in [1.82, 2.24) is 4.98 Å². The second-order valence-electron chi connectivity index (χ2n) is 2.30. The molecule has 1 heterocycles. The Labute approximate surface area is 55.2 Å². The summed E-state index contributed by atoms with van der Waals surface area (Å²) in [5, 5.41) is 0. The summed E-state index contributed by atoms with van der Waals surface area (Å²) in [4.78, 5) is 3.97. The molecule has 1 aromatic heterocycles. The maximum atomic E-state index is 3.97. The number of hydrogen-bond donors (Lipinski definition) is 0. The maximum absolute atomic E-state index is 3.97. The van der Waals surface area contributed by atoms with Crippen LogP contribution < -0.4 is 4.57 Å². The molecule has 0 fully saturated rings.